The third-order valence-corrected chi connectivity index (χ3v) is 2.57. The molecule has 0 radical (unpaired) electrons. The maximum atomic E-state index is 5.56. The Bertz CT molecular complexity index is 298. The molecule has 1 heterocycles. The summed E-state index contributed by atoms with van der Waals surface area (Å²) in [5, 5.41) is 8.37. The lowest BCUT2D eigenvalue weighted by Crippen LogP contribution is -2.11. The van der Waals surface area contributed by atoms with Crippen molar-refractivity contribution in [3.8, 4) is 0 Å². The topological polar surface area (TPSA) is 66.0 Å². The van der Waals surface area contributed by atoms with E-state index in [1.807, 2.05) is 4.68 Å². The molecule has 0 unspecified atom stereocenters. The normalized spacial score (nSPS) is 10.9. The Balaban J connectivity index is 2.72. The highest BCUT2D eigenvalue weighted by Gasteiger charge is 2.11. The molecule has 0 aromatic carbocycles. The van der Waals surface area contributed by atoms with Gasteiger partial charge in [-0.3, -0.25) is 0 Å². The molecule has 5 nitrogen and oxygen atoms in total. The number of hydrogen-bond donors (Lipinski definition) is 1. The first-order valence-electron chi connectivity index (χ1n) is 5.93. The first-order valence-corrected chi connectivity index (χ1v) is 5.93. The van der Waals surface area contributed by atoms with Crippen molar-refractivity contribution >= 4 is 0 Å². The minimum absolute atomic E-state index is 0.618. The van der Waals surface area contributed by atoms with Crippen molar-refractivity contribution in [2.45, 2.75) is 39.2 Å². The van der Waals surface area contributed by atoms with Gasteiger partial charge in [0.1, 0.15) is 0 Å². The molecule has 1 aromatic rings. The van der Waals surface area contributed by atoms with Gasteiger partial charge in [-0.1, -0.05) is 18.6 Å². The van der Waals surface area contributed by atoms with Gasteiger partial charge in [0.2, 0.25) is 0 Å². The minimum atomic E-state index is 0.618. The zero-order valence-electron chi connectivity index (χ0n) is 10.3. The van der Waals surface area contributed by atoms with Crippen LogP contribution in [0, 0.1) is 0 Å². The predicted octanol–water partition coefficient (Wildman–Crippen LogP) is 0.768. The molecule has 0 aliphatic carbocycles. The zero-order valence-corrected chi connectivity index (χ0v) is 10.3. The van der Waals surface area contributed by atoms with Crippen molar-refractivity contribution in [3.05, 3.63) is 11.4 Å². The summed E-state index contributed by atoms with van der Waals surface area (Å²) in [5.74, 6) is 0. The van der Waals surface area contributed by atoms with Gasteiger partial charge in [0, 0.05) is 26.5 Å². The van der Waals surface area contributed by atoms with Crippen LogP contribution in [0.5, 0.6) is 0 Å². The monoisotopic (exact) mass is 226 g/mol. The lowest BCUT2D eigenvalue weighted by Gasteiger charge is -2.06. The second kappa shape index (κ2) is 7.35. The summed E-state index contributed by atoms with van der Waals surface area (Å²) in [4.78, 5) is 0. The molecule has 92 valence electrons. The van der Waals surface area contributed by atoms with Crippen LogP contribution in [0.25, 0.3) is 0 Å². The van der Waals surface area contributed by atoms with E-state index in [-0.39, 0.29) is 0 Å². The van der Waals surface area contributed by atoms with Crippen LogP contribution in [0.15, 0.2) is 0 Å². The molecule has 5 heteroatoms. The van der Waals surface area contributed by atoms with Crippen LogP contribution in [-0.4, -0.2) is 35.3 Å². The summed E-state index contributed by atoms with van der Waals surface area (Å²) >= 11 is 0. The van der Waals surface area contributed by atoms with Crippen LogP contribution >= 0.6 is 0 Å². The van der Waals surface area contributed by atoms with Crippen molar-refractivity contribution in [3.63, 3.8) is 0 Å². The molecular formula is C11H22N4O. The molecule has 2 N–H and O–H groups in total. The molecule has 0 atom stereocenters. The Kier molecular flexibility index (Phi) is 6.03. The third-order valence-electron chi connectivity index (χ3n) is 2.57. The van der Waals surface area contributed by atoms with Gasteiger partial charge in [-0.05, 0) is 13.0 Å². The van der Waals surface area contributed by atoms with Crippen LogP contribution < -0.4 is 5.73 Å². The number of rotatable bonds is 8. The van der Waals surface area contributed by atoms with Crippen molar-refractivity contribution < 1.29 is 4.74 Å². The van der Waals surface area contributed by atoms with Gasteiger partial charge >= 0.3 is 0 Å². The predicted molar refractivity (Wildman–Crippen MR) is 63.3 cm³/mol. The van der Waals surface area contributed by atoms with E-state index in [0.29, 0.717) is 13.2 Å². The van der Waals surface area contributed by atoms with Crippen molar-refractivity contribution in [2.24, 2.45) is 5.73 Å². The maximum Gasteiger partial charge on any atom is 0.0872 e. The third kappa shape index (κ3) is 3.57. The van der Waals surface area contributed by atoms with E-state index in [9.17, 15) is 0 Å². The number of hydrogen-bond acceptors (Lipinski definition) is 4. The van der Waals surface area contributed by atoms with Gasteiger partial charge in [0.25, 0.3) is 0 Å². The van der Waals surface area contributed by atoms with Gasteiger partial charge < -0.3 is 10.5 Å². The fourth-order valence-corrected chi connectivity index (χ4v) is 1.66. The molecule has 0 aliphatic heterocycles. The van der Waals surface area contributed by atoms with Gasteiger partial charge in [-0.15, -0.1) is 5.10 Å². The molecule has 16 heavy (non-hydrogen) atoms. The van der Waals surface area contributed by atoms with Gasteiger partial charge in [-0.2, -0.15) is 0 Å². The Labute approximate surface area is 97.0 Å². The first-order chi connectivity index (χ1) is 7.83. The highest BCUT2D eigenvalue weighted by Crippen LogP contribution is 2.08. The number of aromatic nitrogens is 3. The van der Waals surface area contributed by atoms with Gasteiger partial charge in [0.15, 0.2) is 0 Å². The molecule has 0 aliphatic rings. The molecule has 0 saturated carbocycles. The fraction of sp³-hybridized carbons (Fsp3) is 0.818. The second-order valence-electron chi connectivity index (χ2n) is 3.84. The van der Waals surface area contributed by atoms with E-state index in [1.165, 1.54) is 5.69 Å². The lowest BCUT2D eigenvalue weighted by molar-refractivity contribution is 0.200. The standard InChI is InChI=1S/C11H22N4O/c1-3-4-8-15-11(6-9-16-2)10(5-7-12)13-14-15/h3-9,12H2,1-2H3. The smallest absolute Gasteiger partial charge is 0.0872 e. The number of nitrogens with two attached hydrogens (primary N) is 1. The lowest BCUT2D eigenvalue weighted by atomic mass is 10.2. The van der Waals surface area contributed by atoms with Gasteiger partial charge in [0.05, 0.1) is 18.0 Å². The minimum Gasteiger partial charge on any atom is -0.384 e. The molecular weight excluding hydrogens is 204 g/mol. The molecule has 0 bridgehead atoms. The SMILES string of the molecule is CCCCn1nnc(CCN)c1CCOC. The highest BCUT2D eigenvalue weighted by atomic mass is 16.5. The molecule has 1 rings (SSSR count). The Morgan fingerprint density at radius 1 is 1.38 bits per heavy atom. The van der Waals surface area contributed by atoms with E-state index in [2.05, 4.69) is 17.2 Å². The first kappa shape index (κ1) is 13.1. The zero-order chi connectivity index (χ0) is 11.8. The average molecular weight is 226 g/mol. The summed E-state index contributed by atoms with van der Waals surface area (Å²) in [7, 11) is 1.71. The van der Waals surface area contributed by atoms with Crippen LogP contribution in [0.3, 0.4) is 0 Å². The van der Waals surface area contributed by atoms with Crippen LogP contribution in [-0.2, 0) is 24.1 Å². The van der Waals surface area contributed by atoms with Crippen LogP contribution in [0.2, 0.25) is 0 Å². The van der Waals surface area contributed by atoms with E-state index in [1.54, 1.807) is 7.11 Å². The summed E-state index contributed by atoms with van der Waals surface area (Å²) < 4.78 is 7.10. The summed E-state index contributed by atoms with van der Waals surface area (Å²) in [6.07, 6.45) is 3.95. The molecule has 0 amide bonds. The second-order valence-corrected chi connectivity index (χ2v) is 3.84. The molecule has 1 aromatic heterocycles. The fourth-order valence-electron chi connectivity index (χ4n) is 1.66. The summed E-state index contributed by atoms with van der Waals surface area (Å²) in [5.41, 5.74) is 7.76. The Hall–Kier alpha value is -0.940. The number of nitrogens with zero attached hydrogens (tertiary/aromatic N) is 3. The molecule has 0 saturated heterocycles. The maximum absolute atomic E-state index is 5.56. The van der Waals surface area contributed by atoms with E-state index >= 15 is 0 Å². The number of aryl methyl sites for hydroxylation is 1. The Morgan fingerprint density at radius 2 is 2.19 bits per heavy atom. The quantitative estimate of drug-likeness (QED) is 0.711. The average Bonchev–Trinajstić information content (AvgIpc) is 2.67. The highest BCUT2D eigenvalue weighted by molar-refractivity contribution is 5.11. The largest absolute Gasteiger partial charge is 0.384 e. The van der Waals surface area contributed by atoms with E-state index < -0.39 is 0 Å². The summed E-state index contributed by atoms with van der Waals surface area (Å²) in [6.45, 7) is 4.43. The van der Waals surface area contributed by atoms with E-state index in [4.69, 9.17) is 10.5 Å². The molecule has 0 fully saturated rings. The van der Waals surface area contributed by atoms with Crippen molar-refractivity contribution in [1.29, 1.82) is 0 Å². The van der Waals surface area contributed by atoms with E-state index in [0.717, 1.165) is 37.9 Å². The van der Waals surface area contributed by atoms with Crippen molar-refractivity contribution in [1.82, 2.24) is 15.0 Å². The number of methoxy groups -OCH3 is 1. The summed E-state index contributed by atoms with van der Waals surface area (Å²) in [6, 6.07) is 0. The van der Waals surface area contributed by atoms with Crippen LogP contribution in [0.1, 0.15) is 31.2 Å². The number of ether oxygens (including phenoxy) is 1. The molecule has 0 spiro atoms. The van der Waals surface area contributed by atoms with Crippen LogP contribution in [0.4, 0.5) is 0 Å². The van der Waals surface area contributed by atoms with Gasteiger partial charge in [-0.25, -0.2) is 4.68 Å². The number of unbranched alkanes of at least 4 members (excludes halogenated alkanes) is 1. The van der Waals surface area contributed by atoms with Crippen molar-refractivity contribution in [2.75, 3.05) is 20.3 Å². The Morgan fingerprint density at radius 3 is 2.81 bits per heavy atom.